The Hall–Kier alpha value is -0.160. The quantitative estimate of drug-likeness (QED) is 0.799. The van der Waals surface area contributed by atoms with E-state index in [1.54, 1.807) is 14.2 Å². The molecule has 4 unspecified atom stereocenters. The van der Waals surface area contributed by atoms with Gasteiger partial charge in [-0.05, 0) is 25.8 Å². The number of nitrogens with one attached hydrogen (secondary N) is 1. The molecule has 4 heteroatoms. The maximum Gasteiger partial charge on any atom is 0.0971 e. The van der Waals surface area contributed by atoms with Crippen LogP contribution in [0.25, 0.3) is 0 Å². The van der Waals surface area contributed by atoms with Gasteiger partial charge in [-0.15, -0.1) is 0 Å². The van der Waals surface area contributed by atoms with E-state index in [2.05, 4.69) is 17.3 Å². The number of likely N-dealkylation sites (tertiary alicyclic amines) is 1. The van der Waals surface area contributed by atoms with E-state index >= 15 is 0 Å². The van der Waals surface area contributed by atoms with Crippen molar-refractivity contribution in [1.29, 1.82) is 0 Å². The van der Waals surface area contributed by atoms with Crippen molar-refractivity contribution in [2.45, 2.75) is 43.9 Å². The number of hydrogen-bond acceptors (Lipinski definition) is 4. The van der Waals surface area contributed by atoms with Crippen LogP contribution < -0.4 is 5.32 Å². The molecule has 2 aliphatic rings. The predicted molar refractivity (Wildman–Crippen MR) is 72.8 cm³/mol. The summed E-state index contributed by atoms with van der Waals surface area (Å²) in [6, 6.07) is 0.696. The van der Waals surface area contributed by atoms with Gasteiger partial charge in [0.15, 0.2) is 0 Å². The average Bonchev–Trinajstić information content (AvgIpc) is 2.81. The summed E-state index contributed by atoms with van der Waals surface area (Å²) >= 11 is 0. The molecule has 1 saturated heterocycles. The summed E-state index contributed by atoms with van der Waals surface area (Å²) in [5.74, 6) is 0.789. The average molecular weight is 256 g/mol. The molecule has 4 nitrogen and oxygen atoms in total. The minimum absolute atomic E-state index is 0.242. The van der Waals surface area contributed by atoms with Crippen LogP contribution in [0.1, 0.15) is 25.7 Å². The molecular formula is C14H28N2O2. The standard InChI is InChI=1S/C14H28N2O2/c1-15-12-7-5-4-6-11(12)8-16-9-13(17-2)14(10-16)18-3/h11-15H,4-10H2,1-3H3. The van der Waals surface area contributed by atoms with Crippen molar-refractivity contribution in [3.05, 3.63) is 0 Å². The Balaban J connectivity index is 1.85. The number of ether oxygens (including phenoxy) is 2. The second-order valence-corrected chi connectivity index (χ2v) is 5.71. The molecule has 1 aliphatic carbocycles. The Morgan fingerprint density at radius 2 is 1.67 bits per heavy atom. The van der Waals surface area contributed by atoms with Gasteiger partial charge in [-0.25, -0.2) is 0 Å². The van der Waals surface area contributed by atoms with E-state index in [9.17, 15) is 0 Å². The fourth-order valence-electron chi connectivity index (χ4n) is 3.56. The predicted octanol–water partition coefficient (Wildman–Crippen LogP) is 1.11. The van der Waals surface area contributed by atoms with Crippen LogP contribution in [0.4, 0.5) is 0 Å². The summed E-state index contributed by atoms with van der Waals surface area (Å²) in [6.07, 6.45) is 5.94. The molecule has 2 fully saturated rings. The lowest BCUT2D eigenvalue weighted by Crippen LogP contribution is -2.42. The molecule has 2 rings (SSSR count). The van der Waals surface area contributed by atoms with E-state index in [4.69, 9.17) is 9.47 Å². The van der Waals surface area contributed by atoms with Crippen molar-refractivity contribution < 1.29 is 9.47 Å². The van der Waals surface area contributed by atoms with E-state index in [-0.39, 0.29) is 12.2 Å². The third kappa shape index (κ3) is 3.23. The van der Waals surface area contributed by atoms with Gasteiger partial charge < -0.3 is 14.8 Å². The zero-order valence-corrected chi connectivity index (χ0v) is 12.0. The highest BCUT2D eigenvalue weighted by atomic mass is 16.5. The van der Waals surface area contributed by atoms with Crippen molar-refractivity contribution in [2.75, 3.05) is 40.9 Å². The van der Waals surface area contributed by atoms with Crippen LogP contribution in [0.5, 0.6) is 0 Å². The summed E-state index contributed by atoms with van der Waals surface area (Å²) in [6.45, 7) is 3.22. The molecule has 0 aromatic heterocycles. The maximum atomic E-state index is 5.50. The first-order valence-electron chi connectivity index (χ1n) is 7.23. The van der Waals surface area contributed by atoms with E-state index in [0.29, 0.717) is 6.04 Å². The van der Waals surface area contributed by atoms with Crippen molar-refractivity contribution >= 4 is 0 Å². The van der Waals surface area contributed by atoms with Gasteiger partial charge in [0.1, 0.15) is 0 Å². The van der Waals surface area contributed by atoms with Crippen molar-refractivity contribution in [3.63, 3.8) is 0 Å². The zero-order chi connectivity index (χ0) is 13.0. The molecule has 1 saturated carbocycles. The van der Waals surface area contributed by atoms with Crippen LogP contribution >= 0.6 is 0 Å². The molecule has 106 valence electrons. The second kappa shape index (κ2) is 6.85. The first-order chi connectivity index (χ1) is 8.78. The van der Waals surface area contributed by atoms with Crippen LogP contribution in [0.3, 0.4) is 0 Å². The molecule has 4 atom stereocenters. The van der Waals surface area contributed by atoms with E-state index in [1.807, 2.05) is 0 Å². The Kier molecular flexibility index (Phi) is 5.42. The molecule has 0 amide bonds. The second-order valence-electron chi connectivity index (χ2n) is 5.71. The van der Waals surface area contributed by atoms with Crippen LogP contribution in [-0.2, 0) is 9.47 Å². The molecule has 0 bridgehead atoms. The summed E-state index contributed by atoms with van der Waals surface area (Å²) in [7, 11) is 5.68. The van der Waals surface area contributed by atoms with E-state index < -0.39 is 0 Å². The Morgan fingerprint density at radius 1 is 1.06 bits per heavy atom. The Morgan fingerprint density at radius 3 is 2.22 bits per heavy atom. The van der Waals surface area contributed by atoms with Crippen molar-refractivity contribution in [2.24, 2.45) is 5.92 Å². The van der Waals surface area contributed by atoms with Crippen molar-refractivity contribution in [1.82, 2.24) is 10.2 Å². The molecule has 1 N–H and O–H groups in total. The van der Waals surface area contributed by atoms with Gasteiger partial charge in [-0.2, -0.15) is 0 Å². The molecule has 18 heavy (non-hydrogen) atoms. The van der Waals surface area contributed by atoms with Gasteiger partial charge in [0.2, 0.25) is 0 Å². The third-order valence-corrected chi connectivity index (χ3v) is 4.67. The van der Waals surface area contributed by atoms with Crippen molar-refractivity contribution in [3.8, 4) is 0 Å². The van der Waals surface area contributed by atoms with Crippen LogP contribution in [-0.4, -0.2) is 64.1 Å². The van der Waals surface area contributed by atoms with Gasteiger partial charge in [-0.1, -0.05) is 12.8 Å². The van der Waals surface area contributed by atoms with E-state index in [1.165, 1.54) is 32.2 Å². The molecular weight excluding hydrogens is 228 g/mol. The lowest BCUT2D eigenvalue weighted by Gasteiger charge is -2.34. The normalized spacial score (nSPS) is 38.2. The Bertz CT molecular complexity index is 238. The summed E-state index contributed by atoms with van der Waals surface area (Å²) in [5.41, 5.74) is 0. The van der Waals surface area contributed by atoms with Crippen LogP contribution in [0.15, 0.2) is 0 Å². The molecule has 0 radical (unpaired) electrons. The molecule has 1 heterocycles. The summed E-state index contributed by atoms with van der Waals surface area (Å²) < 4.78 is 11.0. The molecule has 1 aliphatic heterocycles. The fourth-order valence-corrected chi connectivity index (χ4v) is 3.56. The number of hydrogen-bond donors (Lipinski definition) is 1. The monoisotopic (exact) mass is 256 g/mol. The van der Waals surface area contributed by atoms with Gasteiger partial charge in [0.25, 0.3) is 0 Å². The van der Waals surface area contributed by atoms with Crippen LogP contribution in [0, 0.1) is 5.92 Å². The first-order valence-corrected chi connectivity index (χ1v) is 7.23. The van der Waals surface area contributed by atoms with Gasteiger partial charge in [0.05, 0.1) is 12.2 Å². The van der Waals surface area contributed by atoms with Gasteiger partial charge in [0, 0.05) is 39.9 Å². The topological polar surface area (TPSA) is 33.7 Å². The highest BCUT2D eigenvalue weighted by Crippen LogP contribution is 2.27. The smallest absolute Gasteiger partial charge is 0.0971 e. The zero-order valence-electron chi connectivity index (χ0n) is 12.0. The summed E-state index contributed by atoms with van der Waals surface area (Å²) in [5, 5.41) is 3.49. The fraction of sp³-hybridized carbons (Fsp3) is 1.00. The minimum Gasteiger partial charge on any atom is -0.377 e. The highest BCUT2D eigenvalue weighted by Gasteiger charge is 2.35. The van der Waals surface area contributed by atoms with E-state index in [0.717, 1.165) is 19.0 Å². The highest BCUT2D eigenvalue weighted by molar-refractivity contribution is 4.89. The number of methoxy groups -OCH3 is 2. The minimum atomic E-state index is 0.242. The Labute approximate surface area is 111 Å². The lowest BCUT2D eigenvalue weighted by atomic mass is 9.84. The maximum absolute atomic E-state index is 5.50. The largest absolute Gasteiger partial charge is 0.377 e. The van der Waals surface area contributed by atoms with Crippen LogP contribution in [0.2, 0.25) is 0 Å². The third-order valence-electron chi connectivity index (χ3n) is 4.67. The molecule has 0 spiro atoms. The number of rotatable bonds is 5. The first kappa shape index (κ1) is 14.3. The number of nitrogens with zero attached hydrogens (tertiary/aromatic N) is 1. The van der Waals surface area contributed by atoms with Gasteiger partial charge in [-0.3, -0.25) is 4.90 Å². The summed E-state index contributed by atoms with van der Waals surface area (Å²) in [4.78, 5) is 2.52. The molecule has 0 aromatic rings. The SMILES string of the molecule is CNC1CCCCC1CN1CC(OC)C(OC)C1. The van der Waals surface area contributed by atoms with Gasteiger partial charge >= 0.3 is 0 Å². The molecule has 0 aromatic carbocycles. The lowest BCUT2D eigenvalue weighted by molar-refractivity contribution is -0.00461.